The highest BCUT2D eigenvalue weighted by Crippen LogP contribution is 2.53. The van der Waals surface area contributed by atoms with Crippen LogP contribution in [-0.4, -0.2) is 8.07 Å². The molecule has 0 atom stereocenters. The lowest BCUT2D eigenvalue weighted by molar-refractivity contribution is 0.663. The van der Waals surface area contributed by atoms with Gasteiger partial charge < -0.3 is 9.32 Å². The summed E-state index contributed by atoms with van der Waals surface area (Å²) < 4.78 is 6.65. The van der Waals surface area contributed by atoms with Crippen LogP contribution < -0.4 is 25.6 Å². The molecule has 0 saturated heterocycles. The van der Waals surface area contributed by atoms with Gasteiger partial charge >= 0.3 is 0 Å². The van der Waals surface area contributed by atoms with Crippen molar-refractivity contribution in [3.05, 3.63) is 260 Å². The maximum Gasteiger partial charge on any atom is 0.179 e. The molecule has 1 aliphatic carbocycles. The predicted molar refractivity (Wildman–Crippen MR) is 300 cm³/mol. The van der Waals surface area contributed by atoms with Crippen LogP contribution in [0.5, 0.6) is 0 Å². The monoisotopic (exact) mass is 909 g/mol. The molecule has 0 aliphatic heterocycles. The van der Waals surface area contributed by atoms with E-state index in [1.54, 1.807) is 0 Å². The zero-order chi connectivity index (χ0) is 46.6. The SMILES string of the molecule is CC1(C)c2cccc3ccc4cc(N(c5ccc6c(c5)oc5ccccc56)c5c6ccccc6c(-c6ccc([Si](c7ccccc7)(c7ccccc7)c7ccccc7)cc6)c6ccccc56)cc1c4c23. The quantitative estimate of drug-likeness (QED) is 0.0654. The second-order valence-corrected chi connectivity index (χ2v) is 23.3. The molecule has 12 aromatic carbocycles. The van der Waals surface area contributed by atoms with Gasteiger partial charge in [0, 0.05) is 44.4 Å². The van der Waals surface area contributed by atoms with E-state index in [-0.39, 0.29) is 5.41 Å². The van der Waals surface area contributed by atoms with E-state index in [2.05, 4.69) is 261 Å². The van der Waals surface area contributed by atoms with Crippen LogP contribution in [0.25, 0.3) is 76.2 Å². The summed E-state index contributed by atoms with van der Waals surface area (Å²) in [4.78, 5) is 2.52. The molecule has 2 nitrogen and oxygen atoms in total. The number of nitrogens with zero attached hydrogens (tertiary/aromatic N) is 1. The average molecular weight is 910 g/mol. The summed E-state index contributed by atoms with van der Waals surface area (Å²) in [5.74, 6) is 0. The molecule has 70 heavy (non-hydrogen) atoms. The van der Waals surface area contributed by atoms with Crippen LogP contribution in [0, 0.1) is 0 Å². The van der Waals surface area contributed by atoms with E-state index in [1.165, 1.54) is 86.1 Å². The van der Waals surface area contributed by atoms with E-state index in [4.69, 9.17) is 4.42 Å². The van der Waals surface area contributed by atoms with Gasteiger partial charge in [0.05, 0.1) is 5.69 Å². The standard InChI is InChI=1S/C67H47NOSi/c1-67(2)59-31-18-19-44-33-34-46-41-48(42-60(67)65(46)64(44)59)68(47-37-40-54-53-26-16-17-32-61(53)69-62(54)43-47)66-57-29-14-12-27-55(57)63(56-28-13-15-30-58(56)66)45-35-38-52(39-36-45)70(49-20-6-3-7-21-49,50-22-8-4-9-23-50)51-24-10-5-11-25-51/h3-43H,1-2H3. The molecule has 0 N–H and O–H groups in total. The molecule has 14 rings (SSSR count). The van der Waals surface area contributed by atoms with Crippen LogP contribution in [0.4, 0.5) is 17.1 Å². The van der Waals surface area contributed by atoms with Crippen molar-refractivity contribution in [1.82, 2.24) is 0 Å². The van der Waals surface area contributed by atoms with Crippen molar-refractivity contribution in [2.45, 2.75) is 19.3 Å². The zero-order valence-electron chi connectivity index (χ0n) is 39.0. The molecule has 0 amide bonds. The van der Waals surface area contributed by atoms with Gasteiger partial charge in [-0.25, -0.2) is 0 Å². The summed E-state index contributed by atoms with van der Waals surface area (Å²) in [6.45, 7) is 4.78. The number of hydrogen-bond donors (Lipinski definition) is 0. The van der Waals surface area contributed by atoms with E-state index in [1.807, 2.05) is 6.07 Å². The first kappa shape index (κ1) is 40.6. The Kier molecular flexibility index (Phi) is 8.99. The fourth-order valence-corrected chi connectivity index (χ4v) is 17.1. The van der Waals surface area contributed by atoms with Gasteiger partial charge in [-0.05, 0) is 106 Å². The summed E-state index contributed by atoms with van der Waals surface area (Å²) in [5.41, 5.74) is 10.1. The molecule has 13 aromatic rings. The summed E-state index contributed by atoms with van der Waals surface area (Å²) in [6.07, 6.45) is 0. The van der Waals surface area contributed by atoms with Gasteiger partial charge in [-0.1, -0.05) is 226 Å². The van der Waals surface area contributed by atoms with Crippen LogP contribution in [0.15, 0.2) is 253 Å². The van der Waals surface area contributed by atoms with Gasteiger partial charge in [0.2, 0.25) is 0 Å². The summed E-state index contributed by atoms with van der Waals surface area (Å²) in [6, 6.07) is 92.7. The van der Waals surface area contributed by atoms with Crippen molar-refractivity contribution in [3.63, 3.8) is 0 Å². The maximum atomic E-state index is 6.65. The van der Waals surface area contributed by atoms with Crippen LogP contribution in [0.2, 0.25) is 0 Å². The molecule has 0 unspecified atom stereocenters. The maximum absolute atomic E-state index is 6.65. The Bertz CT molecular complexity index is 4040. The fourth-order valence-electron chi connectivity index (χ4n) is 12.4. The molecule has 3 heteroatoms. The van der Waals surface area contributed by atoms with Crippen LogP contribution in [-0.2, 0) is 5.41 Å². The first-order valence-corrected chi connectivity index (χ1v) is 26.4. The molecule has 0 fully saturated rings. The lowest BCUT2D eigenvalue weighted by atomic mass is 9.81. The zero-order valence-corrected chi connectivity index (χ0v) is 40.0. The third-order valence-corrected chi connectivity index (χ3v) is 20.3. The minimum Gasteiger partial charge on any atom is -0.456 e. The second-order valence-electron chi connectivity index (χ2n) is 19.5. The highest BCUT2D eigenvalue weighted by atomic mass is 28.3. The molecule has 1 heterocycles. The Balaban J connectivity index is 1.02. The Morgan fingerprint density at radius 2 is 0.871 bits per heavy atom. The van der Waals surface area contributed by atoms with Gasteiger partial charge in [0.25, 0.3) is 0 Å². The Morgan fingerprint density at radius 1 is 0.357 bits per heavy atom. The minimum absolute atomic E-state index is 0.187. The number of fused-ring (bicyclic) bond motifs is 5. The summed E-state index contributed by atoms with van der Waals surface area (Å²) >= 11 is 0. The Hall–Kier alpha value is -8.50. The van der Waals surface area contributed by atoms with Crippen LogP contribution in [0.3, 0.4) is 0 Å². The number of rotatable bonds is 8. The second kappa shape index (κ2) is 15.5. The summed E-state index contributed by atoms with van der Waals surface area (Å²) in [5, 5.41) is 17.7. The summed E-state index contributed by atoms with van der Waals surface area (Å²) in [7, 11) is -2.72. The third kappa shape index (κ3) is 5.85. The molecular weight excluding hydrogens is 863 g/mol. The Labute approximate surface area is 408 Å². The lowest BCUT2D eigenvalue weighted by Gasteiger charge is -2.34. The average Bonchev–Trinajstić information content (AvgIpc) is 3.91. The van der Waals surface area contributed by atoms with E-state index in [0.29, 0.717) is 0 Å². The van der Waals surface area contributed by atoms with E-state index in [0.717, 1.165) is 39.0 Å². The molecule has 0 radical (unpaired) electrons. The third-order valence-electron chi connectivity index (χ3n) is 15.5. The first-order chi connectivity index (χ1) is 34.5. The molecule has 330 valence electrons. The minimum atomic E-state index is -2.72. The van der Waals surface area contributed by atoms with Crippen LogP contribution >= 0.6 is 0 Å². The number of hydrogen-bond acceptors (Lipinski definition) is 2. The number of anilines is 3. The molecule has 0 bridgehead atoms. The number of benzene rings is 12. The molecule has 0 spiro atoms. The van der Waals surface area contributed by atoms with Crippen molar-refractivity contribution in [3.8, 4) is 11.1 Å². The van der Waals surface area contributed by atoms with Gasteiger partial charge in [0.1, 0.15) is 11.2 Å². The normalized spacial score (nSPS) is 13.1. The van der Waals surface area contributed by atoms with Gasteiger partial charge in [-0.2, -0.15) is 0 Å². The smallest absolute Gasteiger partial charge is 0.179 e. The van der Waals surface area contributed by atoms with Gasteiger partial charge in [0.15, 0.2) is 8.07 Å². The van der Waals surface area contributed by atoms with Crippen molar-refractivity contribution in [2.24, 2.45) is 0 Å². The highest BCUT2D eigenvalue weighted by Gasteiger charge is 2.41. The first-order valence-electron chi connectivity index (χ1n) is 24.4. The van der Waals surface area contributed by atoms with Crippen molar-refractivity contribution in [1.29, 1.82) is 0 Å². The Morgan fingerprint density at radius 3 is 1.50 bits per heavy atom. The highest BCUT2D eigenvalue weighted by molar-refractivity contribution is 7.19. The van der Waals surface area contributed by atoms with Crippen molar-refractivity contribution >= 4 is 111 Å². The molecular formula is C67H47NOSi. The van der Waals surface area contributed by atoms with Crippen molar-refractivity contribution in [2.75, 3.05) is 4.90 Å². The van der Waals surface area contributed by atoms with E-state index in [9.17, 15) is 0 Å². The molecule has 1 aliphatic rings. The van der Waals surface area contributed by atoms with E-state index >= 15 is 0 Å². The topological polar surface area (TPSA) is 16.4 Å². The molecule has 0 saturated carbocycles. The fraction of sp³-hybridized carbons (Fsp3) is 0.0448. The van der Waals surface area contributed by atoms with Gasteiger partial charge in [-0.3, -0.25) is 0 Å². The van der Waals surface area contributed by atoms with Crippen LogP contribution in [0.1, 0.15) is 25.0 Å². The van der Waals surface area contributed by atoms with Crippen molar-refractivity contribution < 1.29 is 4.42 Å². The molecule has 1 aromatic heterocycles. The van der Waals surface area contributed by atoms with Gasteiger partial charge in [-0.15, -0.1) is 0 Å². The number of furan rings is 1. The van der Waals surface area contributed by atoms with E-state index < -0.39 is 8.07 Å². The lowest BCUT2D eigenvalue weighted by Crippen LogP contribution is -2.74. The largest absolute Gasteiger partial charge is 0.456 e. The number of para-hydroxylation sites is 1. The predicted octanol–water partition coefficient (Wildman–Crippen LogP) is 15.4.